The van der Waals surface area contributed by atoms with Gasteiger partial charge in [0.25, 0.3) is 0 Å². The fourth-order valence-electron chi connectivity index (χ4n) is 2.91. The summed E-state index contributed by atoms with van der Waals surface area (Å²) in [5.74, 6) is 1.22. The Morgan fingerprint density at radius 2 is 2.00 bits per heavy atom. The summed E-state index contributed by atoms with van der Waals surface area (Å²) >= 11 is 3.03. The molecule has 0 bridgehead atoms. The van der Waals surface area contributed by atoms with Crippen LogP contribution in [-0.2, 0) is 4.79 Å². The maximum atomic E-state index is 12.2. The van der Waals surface area contributed by atoms with Crippen molar-refractivity contribution in [2.75, 3.05) is 35.3 Å². The molecule has 138 valence electrons. The lowest BCUT2D eigenvalue weighted by molar-refractivity contribution is -0.113. The third-order valence-corrected chi connectivity index (χ3v) is 5.82. The van der Waals surface area contributed by atoms with Gasteiger partial charge in [0, 0.05) is 29.9 Å². The molecule has 0 radical (unpaired) electrons. The van der Waals surface area contributed by atoms with Crippen LogP contribution in [0.4, 0.5) is 11.5 Å². The van der Waals surface area contributed by atoms with Gasteiger partial charge in [-0.25, -0.2) is 9.97 Å². The van der Waals surface area contributed by atoms with Gasteiger partial charge in [0.05, 0.1) is 5.75 Å². The van der Waals surface area contributed by atoms with Gasteiger partial charge < -0.3 is 10.2 Å². The molecule has 0 aliphatic carbocycles. The van der Waals surface area contributed by atoms with Gasteiger partial charge in [-0.3, -0.25) is 4.79 Å². The monoisotopic (exact) mass is 388 g/mol. The van der Waals surface area contributed by atoms with Crippen LogP contribution in [0.1, 0.15) is 25.7 Å². The minimum atomic E-state index is -0.0444. The molecule has 0 atom stereocenters. The first-order chi connectivity index (χ1) is 12.7. The zero-order valence-electron chi connectivity index (χ0n) is 15.0. The highest BCUT2D eigenvalue weighted by molar-refractivity contribution is 7.99. The van der Waals surface area contributed by atoms with Crippen LogP contribution < -0.4 is 10.2 Å². The van der Waals surface area contributed by atoms with E-state index in [1.54, 1.807) is 18.0 Å². The molecule has 7 heteroatoms. The van der Waals surface area contributed by atoms with E-state index in [0.717, 1.165) is 29.5 Å². The van der Waals surface area contributed by atoms with Crippen LogP contribution in [0.3, 0.4) is 0 Å². The van der Waals surface area contributed by atoms with Crippen LogP contribution in [0.15, 0.2) is 46.6 Å². The lowest BCUT2D eigenvalue weighted by Gasteiger charge is -2.21. The van der Waals surface area contributed by atoms with Crippen molar-refractivity contribution in [2.24, 2.45) is 0 Å². The van der Waals surface area contributed by atoms with Gasteiger partial charge in [0.15, 0.2) is 5.16 Å². The molecule has 0 spiro atoms. The number of aromatic nitrogens is 2. The minimum Gasteiger partial charge on any atom is -0.356 e. The largest absolute Gasteiger partial charge is 0.356 e. The van der Waals surface area contributed by atoms with Crippen molar-refractivity contribution in [1.29, 1.82) is 0 Å². The summed E-state index contributed by atoms with van der Waals surface area (Å²) in [6.45, 7) is 2.10. The molecule has 1 aliphatic rings. The number of hydrogen-bond acceptors (Lipinski definition) is 6. The Morgan fingerprint density at radius 3 is 2.77 bits per heavy atom. The quantitative estimate of drug-likeness (QED) is 0.588. The zero-order valence-corrected chi connectivity index (χ0v) is 16.6. The smallest absolute Gasteiger partial charge is 0.234 e. The summed E-state index contributed by atoms with van der Waals surface area (Å²) in [5, 5.41) is 3.59. The number of thioether (sulfide) groups is 2. The van der Waals surface area contributed by atoms with Crippen molar-refractivity contribution < 1.29 is 4.79 Å². The molecule has 1 saturated heterocycles. The molecule has 2 aromatic rings. The predicted octanol–water partition coefficient (Wildman–Crippen LogP) is 4.31. The number of nitrogens with zero attached hydrogens (tertiary/aromatic N) is 3. The lowest BCUT2D eigenvalue weighted by atomic mass is 10.2. The molecule has 1 amide bonds. The summed E-state index contributed by atoms with van der Waals surface area (Å²) in [7, 11) is 0. The molecular formula is C19H24N4OS2. The van der Waals surface area contributed by atoms with Gasteiger partial charge >= 0.3 is 0 Å². The number of hydrogen-bond donors (Lipinski definition) is 1. The second-order valence-electron chi connectivity index (χ2n) is 6.17. The topological polar surface area (TPSA) is 58.1 Å². The van der Waals surface area contributed by atoms with Crippen molar-refractivity contribution >= 4 is 40.9 Å². The Morgan fingerprint density at radius 1 is 1.19 bits per heavy atom. The fraction of sp³-hybridized carbons (Fsp3) is 0.421. The molecule has 0 saturated carbocycles. The first kappa shape index (κ1) is 19.0. The van der Waals surface area contributed by atoms with E-state index in [2.05, 4.69) is 20.2 Å². The first-order valence-corrected chi connectivity index (χ1v) is 11.1. The summed E-state index contributed by atoms with van der Waals surface area (Å²) in [6.07, 6.45) is 8.82. The normalized spacial score (nSPS) is 14.7. The average Bonchev–Trinajstić information content (AvgIpc) is 2.96. The van der Waals surface area contributed by atoms with Crippen LogP contribution >= 0.6 is 23.5 Å². The average molecular weight is 389 g/mol. The Balaban J connectivity index is 1.55. The van der Waals surface area contributed by atoms with E-state index in [4.69, 9.17) is 0 Å². The van der Waals surface area contributed by atoms with Crippen LogP contribution in [-0.4, -0.2) is 41.0 Å². The lowest BCUT2D eigenvalue weighted by Crippen LogP contribution is -2.25. The van der Waals surface area contributed by atoms with E-state index in [1.807, 2.05) is 36.6 Å². The van der Waals surface area contributed by atoms with E-state index >= 15 is 0 Å². The van der Waals surface area contributed by atoms with Crippen molar-refractivity contribution in [3.63, 3.8) is 0 Å². The van der Waals surface area contributed by atoms with Gasteiger partial charge in [0.1, 0.15) is 5.82 Å². The first-order valence-electron chi connectivity index (χ1n) is 8.89. The molecule has 1 N–H and O–H groups in total. The number of nitrogens with one attached hydrogen (secondary N) is 1. The van der Waals surface area contributed by atoms with Crippen LogP contribution in [0, 0.1) is 0 Å². The zero-order chi connectivity index (χ0) is 18.2. The molecule has 5 nitrogen and oxygen atoms in total. The van der Waals surface area contributed by atoms with E-state index < -0.39 is 0 Å². The molecule has 1 fully saturated rings. The summed E-state index contributed by atoms with van der Waals surface area (Å²) in [5.41, 5.74) is 0.821. The Kier molecular flexibility index (Phi) is 7.20. The summed E-state index contributed by atoms with van der Waals surface area (Å²) < 4.78 is 0. The minimum absolute atomic E-state index is 0.0444. The van der Waals surface area contributed by atoms with Crippen molar-refractivity contribution in [3.05, 3.63) is 36.5 Å². The van der Waals surface area contributed by atoms with Crippen molar-refractivity contribution in [1.82, 2.24) is 9.97 Å². The van der Waals surface area contributed by atoms with Crippen LogP contribution in [0.2, 0.25) is 0 Å². The van der Waals surface area contributed by atoms with Crippen LogP contribution in [0.25, 0.3) is 0 Å². The van der Waals surface area contributed by atoms with Crippen molar-refractivity contribution in [3.8, 4) is 0 Å². The van der Waals surface area contributed by atoms with Crippen LogP contribution in [0.5, 0.6) is 0 Å². The number of carbonyl (C=O) groups is 1. The standard InChI is InChI=1S/C19H24N4OS2/c1-25-16-8-6-7-15(13-16)21-18(24)14-26-19-20-10-9-17(22-19)23-11-4-2-3-5-12-23/h6-10,13H,2-5,11-12,14H2,1H3,(H,21,24). The molecule has 0 unspecified atom stereocenters. The number of amides is 1. The number of anilines is 2. The van der Waals surface area contributed by atoms with Gasteiger partial charge in [-0.1, -0.05) is 30.7 Å². The van der Waals surface area contributed by atoms with Gasteiger partial charge in [-0.2, -0.15) is 0 Å². The van der Waals surface area contributed by atoms with E-state index in [9.17, 15) is 4.79 Å². The number of carbonyl (C=O) groups excluding carboxylic acids is 1. The number of rotatable bonds is 6. The maximum Gasteiger partial charge on any atom is 0.234 e. The molecule has 26 heavy (non-hydrogen) atoms. The molecule has 1 aromatic heterocycles. The highest BCUT2D eigenvalue weighted by Crippen LogP contribution is 2.22. The predicted molar refractivity (Wildman–Crippen MR) is 110 cm³/mol. The van der Waals surface area contributed by atoms with E-state index in [-0.39, 0.29) is 5.91 Å². The molecule has 3 rings (SSSR count). The van der Waals surface area contributed by atoms with Gasteiger partial charge in [-0.15, -0.1) is 11.8 Å². The Labute approximate surface area is 163 Å². The van der Waals surface area contributed by atoms with Gasteiger partial charge in [-0.05, 0) is 43.4 Å². The molecule has 1 aliphatic heterocycles. The summed E-state index contributed by atoms with van der Waals surface area (Å²) in [4.78, 5) is 24.6. The number of benzene rings is 1. The second kappa shape index (κ2) is 9.83. The highest BCUT2D eigenvalue weighted by atomic mass is 32.2. The van der Waals surface area contributed by atoms with Gasteiger partial charge in [0.2, 0.25) is 5.91 Å². The SMILES string of the molecule is CSc1cccc(NC(=O)CSc2nccc(N3CCCCCC3)n2)c1. The summed E-state index contributed by atoms with van der Waals surface area (Å²) in [6, 6.07) is 9.81. The van der Waals surface area contributed by atoms with Crippen molar-refractivity contribution in [2.45, 2.75) is 35.7 Å². The van der Waals surface area contributed by atoms with E-state index in [1.165, 1.54) is 37.4 Å². The molecule has 2 heterocycles. The Bertz CT molecular complexity index is 733. The molecular weight excluding hydrogens is 364 g/mol. The third kappa shape index (κ3) is 5.64. The fourth-order valence-corrected chi connectivity index (χ4v) is 3.99. The third-order valence-electron chi connectivity index (χ3n) is 4.23. The van der Waals surface area contributed by atoms with E-state index in [0.29, 0.717) is 10.9 Å². The molecule has 1 aromatic carbocycles. The Hall–Kier alpha value is -1.73. The second-order valence-corrected chi connectivity index (χ2v) is 7.99. The maximum absolute atomic E-state index is 12.2. The highest BCUT2D eigenvalue weighted by Gasteiger charge is 2.13.